The Bertz CT molecular complexity index is 956. The van der Waals surface area contributed by atoms with E-state index in [9.17, 15) is 4.79 Å². The number of nitrogens with one attached hydrogen (secondary N) is 2. The average molecular weight is 379 g/mol. The lowest BCUT2D eigenvalue weighted by atomic mass is 10.0. The molecule has 0 radical (unpaired) electrons. The van der Waals surface area contributed by atoms with E-state index in [2.05, 4.69) is 20.9 Å². The number of amides is 1. The minimum absolute atomic E-state index is 0.0528. The van der Waals surface area contributed by atoms with Crippen LogP contribution in [0.3, 0.4) is 0 Å². The van der Waals surface area contributed by atoms with Crippen molar-refractivity contribution in [2.75, 3.05) is 10.7 Å². The number of aryl methyl sites for hydroxylation is 2. The van der Waals surface area contributed by atoms with Gasteiger partial charge in [0.1, 0.15) is 5.25 Å². The Balaban J connectivity index is 1.68. The number of carbonyl (C=O) groups excluding carboxylic acids is 1. The molecule has 0 bridgehead atoms. The summed E-state index contributed by atoms with van der Waals surface area (Å²) in [7, 11) is 0. The summed E-state index contributed by atoms with van der Waals surface area (Å²) >= 11 is 1.44. The Kier molecular flexibility index (Phi) is 4.85. The van der Waals surface area contributed by atoms with E-state index in [0.717, 1.165) is 29.1 Å². The van der Waals surface area contributed by atoms with Crippen LogP contribution in [0.25, 0.3) is 0 Å². The van der Waals surface area contributed by atoms with E-state index < -0.39 is 0 Å². The number of carbonyl (C=O) groups is 1. The van der Waals surface area contributed by atoms with Gasteiger partial charge < -0.3 is 10.7 Å². The predicted molar refractivity (Wildman–Crippen MR) is 107 cm³/mol. The smallest absolute Gasteiger partial charge is 0.240 e. The van der Waals surface area contributed by atoms with E-state index in [-0.39, 0.29) is 17.2 Å². The van der Waals surface area contributed by atoms with E-state index >= 15 is 0 Å². The molecule has 0 aliphatic carbocycles. The van der Waals surface area contributed by atoms with Crippen LogP contribution in [0.4, 0.5) is 5.69 Å². The lowest BCUT2D eigenvalue weighted by Gasteiger charge is -2.33. The zero-order valence-electron chi connectivity index (χ0n) is 15.2. The van der Waals surface area contributed by atoms with Crippen LogP contribution in [0.5, 0.6) is 0 Å². The van der Waals surface area contributed by atoms with Gasteiger partial charge in [-0.05, 0) is 24.1 Å². The van der Waals surface area contributed by atoms with Crippen LogP contribution in [0, 0.1) is 6.92 Å². The van der Waals surface area contributed by atoms with Crippen molar-refractivity contribution in [2.45, 2.75) is 36.7 Å². The van der Waals surface area contributed by atoms with Crippen LogP contribution in [-0.2, 0) is 11.2 Å². The van der Waals surface area contributed by atoms with E-state index in [1.165, 1.54) is 11.8 Å². The largest absolute Gasteiger partial charge is 0.325 e. The summed E-state index contributed by atoms with van der Waals surface area (Å²) in [5.41, 5.74) is 6.37. The number of para-hydroxylation sites is 1. The second-order valence-corrected chi connectivity index (χ2v) is 7.56. The van der Waals surface area contributed by atoms with Gasteiger partial charge in [-0.3, -0.25) is 4.79 Å². The van der Waals surface area contributed by atoms with Gasteiger partial charge in [0.2, 0.25) is 11.1 Å². The molecule has 7 heteroatoms. The van der Waals surface area contributed by atoms with Crippen LogP contribution in [-0.4, -0.2) is 26.0 Å². The first-order valence-corrected chi connectivity index (χ1v) is 9.84. The van der Waals surface area contributed by atoms with Gasteiger partial charge in [-0.25, -0.2) is 4.68 Å². The van der Waals surface area contributed by atoms with Gasteiger partial charge in [-0.1, -0.05) is 67.2 Å². The number of rotatable bonds is 4. The normalized spacial score (nSPS) is 18.4. The number of hydrogen-bond donors (Lipinski definition) is 2. The second-order valence-electron chi connectivity index (χ2n) is 6.45. The number of thioether (sulfide) groups is 1. The van der Waals surface area contributed by atoms with Crippen molar-refractivity contribution in [3.8, 4) is 0 Å². The third kappa shape index (κ3) is 3.42. The van der Waals surface area contributed by atoms with Crippen molar-refractivity contribution in [1.82, 2.24) is 14.9 Å². The average Bonchev–Trinajstić information content (AvgIpc) is 3.11. The second kappa shape index (κ2) is 7.44. The fourth-order valence-corrected chi connectivity index (χ4v) is 4.25. The molecule has 0 saturated carbocycles. The van der Waals surface area contributed by atoms with Crippen molar-refractivity contribution in [3.05, 3.63) is 71.5 Å². The summed E-state index contributed by atoms with van der Waals surface area (Å²) in [6.07, 6.45) is 0.766. The minimum Gasteiger partial charge on any atom is -0.325 e. The molecule has 2 heterocycles. The number of aromatic nitrogens is 3. The summed E-state index contributed by atoms with van der Waals surface area (Å²) in [5.74, 6) is 0.805. The summed E-state index contributed by atoms with van der Waals surface area (Å²) in [6, 6.07) is 17.6. The molecule has 0 unspecified atom stereocenters. The molecule has 1 aliphatic rings. The summed E-state index contributed by atoms with van der Waals surface area (Å²) < 4.78 is 1.90. The highest BCUT2D eigenvalue weighted by Crippen LogP contribution is 2.37. The van der Waals surface area contributed by atoms with Gasteiger partial charge in [0.05, 0.1) is 6.04 Å². The zero-order valence-corrected chi connectivity index (χ0v) is 16.0. The van der Waals surface area contributed by atoms with Crippen LogP contribution in [0.15, 0.2) is 59.8 Å². The molecule has 2 aromatic carbocycles. The van der Waals surface area contributed by atoms with Crippen LogP contribution < -0.4 is 10.7 Å². The molecular weight excluding hydrogens is 358 g/mol. The Labute approximate surface area is 162 Å². The first-order chi connectivity index (χ1) is 13.2. The number of hydrogen-bond acceptors (Lipinski definition) is 5. The van der Waals surface area contributed by atoms with Gasteiger partial charge in [-0.15, -0.1) is 10.2 Å². The van der Waals surface area contributed by atoms with Crippen molar-refractivity contribution in [3.63, 3.8) is 0 Å². The van der Waals surface area contributed by atoms with E-state index in [1.54, 1.807) is 0 Å². The van der Waals surface area contributed by atoms with E-state index in [4.69, 9.17) is 0 Å². The SMILES string of the molecule is CCc1nnc2n1N[C@@H](c1ccccc1)[C@H](C(=O)Nc1ccccc1C)S2. The Morgan fingerprint density at radius 3 is 2.63 bits per heavy atom. The maximum atomic E-state index is 13.2. The number of fused-ring (bicyclic) bond motifs is 1. The number of nitrogens with zero attached hydrogens (tertiary/aromatic N) is 3. The predicted octanol–water partition coefficient (Wildman–Crippen LogP) is 3.55. The molecule has 27 heavy (non-hydrogen) atoms. The van der Waals surface area contributed by atoms with Crippen molar-refractivity contribution < 1.29 is 4.79 Å². The molecule has 3 aromatic rings. The number of anilines is 1. The highest BCUT2D eigenvalue weighted by Gasteiger charge is 2.37. The maximum Gasteiger partial charge on any atom is 0.240 e. The van der Waals surface area contributed by atoms with E-state index in [1.807, 2.05) is 73.1 Å². The van der Waals surface area contributed by atoms with Gasteiger partial charge >= 0.3 is 0 Å². The number of benzene rings is 2. The lowest BCUT2D eigenvalue weighted by molar-refractivity contribution is -0.116. The van der Waals surface area contributed by atoms with Crippen LogP contribution in [0.1, 0.15) is 29.9 Å². The zero-order chi connectivity index (χ0) is 18.8. The maximum absolute atomic E-state index is 13.2. The molecule has 0 spiro atoms. The summed E-state index contributed by atoms with van der Waals surface area (Å²) in [4.78, 5) is 13.2. The molecule has 2 N–H and O–H groups in total. The minimum atomic E-state index is -0.367. The van der Waals surface area contributed by atoms with Crippen molar-refractivity contribution in [1.29, 1.82) is 0 Å². The molecule has 6 nitrogen and oxygen atoms in total. The molecule has 4 rings (SSSR count). The third-order valence-corrected chi connectivity index (χ3v) is 5.86. The van der Waals surface area contributed by atoms with Crippen molar-refractivity contribution in [2.24, 2.45) is 0 Å². The molecule has 0 saturated heterocycles. The fraction of sp³-hybridized carbons (Fsp3) is 0.250. The Morgan fingerprint density at radius 1 is 1.15 bits per heavy atom. The highest BCUT2D eigenvalue weighted by atomic mass is 32.2. The molecule has 0 fully saturated rings. The molecule has 138 valence electrons. The van der Waals surface area contributed by atoms with Crippen molar-refractivity contribution >= 4 is 23.4 Å². The summed E-state index contributed by atoms with van der Waals surface area (Å²) in [6.45, 7) is 4.03. The molecular formula is C20H21N5OS. The van der Waals surface area contributed by atoms with Crippen LogP contribution >= 0.6 is 11.8 Å². The van der Waals surface area contributed by atoms with Gasteiger partial charge in [0.15, 0.2) is 5.82 Å². The lowest BCUT2D eigenvalue weighted by Crippen LogP contribution is -2.41. The monoisotopic (exact) mass is 379 g/mol. The first kappa shape index (κ1) is 17.6. The van der Waals surface area contributed by atoms with Gasteiger partial charge in [0, 0.05) is 12.1 Å². The van der Waals surface area contributed by atoms with Crippen LogP contribution in [0.2, 0.25) is 0 Å². The standard InChI is InChI=1S/C20H21N5OS/c1-3-16-22-23-20-25(16)24-17(14-10-5-4-6-11-14)18(27-20)19(26)21-15-12-8-7-9-13(15)2/h4-12,17-18,24H,3H2,1-2H3,(H,21,26)/t17-,18+/m0/s1. The highest BCUT2D eigenvalue weighted by molar-refractivity contribution is 8.00. The topological polar surface area (TPSA) is 71.8 Å². The Morgan fingerprint density at radius 2 is 1.89 bits per heavy atom. The van der Waals surface area contributed by atoms with Gasteiger partial charge in [-0.2, -0.15) is 0 Å². The molecule has 1 aromatic heterocycles. The Hall–Kier alpha value is -2.80. The molecule has 1 aliphatic heterocycles. The first-order valence-electron chi connectivity index (χ1n) is 8.96. The third-order valence-electron chi connectivity index (χ3n) is 4.64. The van der Waals surface area contributed by atoms with Gasteiger partial charge in [0.25, 0.3) is 0 Å². The van der Waals surface area contributed by atoms with E-state index in [0.29, 0.717) is 5.16 Å². The summed E-state index contributed by atoms with van der Waals surface area (Å²) in [5, 5.41) is 11.9. The molecule has 1 amide bonds. The fourth-order valence-electron chi connectivity index (χ4n) is 3.16. The molecule has 2 atom stereocenters. The quantitative estimate of drug-likeness (QED) is 0.725.